The summed E-state index contributed by atoms with van der Waals surface area (Å²) in [7, 11) is 0. The molecule has 0 unspecified atom stereocenters. The van der Waals surface area contributed by atoms with Crippen LogP contribution in [0.4, 0.5) is 0 Å². The summed E-state index contributed by atoms with van der Waals surface area (Å²) in [6.45, 7) is 0. The van der Waals surface area contributed by atoms with Crippen molar-refractivity contribution in [2.75, 3.05) is 0 Å². The molecule has 0 heterocycles. The number of carboxylic acids is 1. The van der Waals surface area contributed by atoms with Crippen LogP contribution in [-0.2, 0) is 19.5 Å². The standard InChI is InChI=1S/C20H16O3.Zn/c21-18-12-11-16(13-17(18)20(22)23)19(14-7-3-1-4-8-14)15-9-5-2-6-10-15;/h1-13,19,21H,(H,22,23);. The molecule has 0 amide bonds. The molecule has 116 valence electrons. The van der Waals surface area contributed by atoms with Crippen LogP contribution < -0.4 is 0 Å². The van der Waals surface area contributed by atoms with E-state index in [1.807, 2.05) is 60.7 Å². The maximum absolute atomic E-state index is 11.3. The number of phenols is 1. The number of carbonyl (C=O) groups is 1. The first-order valence-corrected chi connectivity index (χ1v) is 7.33. The number of hydrogen-bond acceptors (Lipinski definition) is 2. The molecule has 0 saturated carbocycles. The van der Waals surface area contributed by atoms with Gasteiger partial charge in [0.1, 0.15) is 11.3 Å². The first-order chi connectivity index (χ1) is 11.2. The van der Waals surface area contributed by atoms with Gasteiger partial charge in [-0.25, -0.2) is 4.79 Å². The minimum absolute atomic E-state index is 0. The summed E-state index contributed by atoms with van der Waals surface area (Å²) >= 11 is 0. The Balaban J connectivity index is 0.00000208. The van der Waals surface area contributed by atoms with E-state index in [1.54, 1.807) is 12.1 Å². The maximum atomic E-state index is 11.3. The molecule has 0 bridgehead atoms. The molecule has 0 radical (unpaired) electrons. The predicted molar refractivity (Wildman–Crippen MR) is 88.9 cm³/mol. The largest absolute Gasteiger partial charge is 0.507 e. The van der Waals surface area contributed by atoms with Gasteiger partial charge in [0, 0.05) is 25.4 Å². The van der Waals surface area contributed by atoms with Gasteiger partial charge in [0.25, 0.3) is 0 Å². The van der Waals surface area contributed by atoms with E-state index in [9.17, 15) is 15.0 Å². The summed E-state index contributed by atoms with van der Waals surface area (Å²) in [5, 5.41) is 19.0. The van der Waals surface area contributed by atoms with Crippen LogP contribution in [0.3, 0.4) is 0 Å². The van der Waals surface area contributed by atoms with Gasteiger partial charge < -0.3 is 10.2 Å². The van der Waals surface area contributed by atoms with Gasteiger partial charge in [-0.3, -0.25) is 0 Å². The molecule has 2 N–H and O–H groups in total. The van der Waals surface area contributed by atoms with Crippen molar-refractivity contribution in [2.45, 2.75) is 5.92 Å². The summed E-state index contributed by atoms with van der Waals surface area (Å²) < 4.78 is 0. The number of aromatic carboxylic acids is 1. The second kappa shape index (κ2) is 7.89. The van der Waals surface area contributed by atoms with Crippen molar-refractivity contribution in [1.82, 2.24) is 0 Å². The zero-order valence-electron chi connectivity index (χ0n) is 13.1. The van der Waals surface area contributed by atoms with Gasteiger partial charge in [-0.2, -0.15) is 0 Å². The molecule has 0 spiro atoms. The summed E-state index contributed by atoms with van der Waals surface area (Å²) in [6.07, 6.45) is 0. The number of hydrogen-bond donors (Lipinski definition) is 2. The van der Waals surface area contributed by atoms with Gasteiger partial charge in [0.05, 0.1) is 0 Å². The second-order valence-electron chi connectivity index (χ2n) is 5.34. The van der Waals surface area contributed by atoms with Gasteiger partial charge >= 0.3 is 5.97 Å². The number of benzene rings is 3. The fourth-order valence-electron chi connectivity index (χ4n) is 2.77. The quantitative estimate of drug-likeness (QED) is 0.533. The van der Waals surface area contributed by atoms with Crippen molar-refractivity contribution in [3.05, 3.63) is 101 Å². The average molecular weight is 370 g/mol. The zero-order valence-corrected chi connectivity index (χ0v) is 16.1. The second-order valence-corrected chi connectivity index (χ2v) is 5.34. The first-order valence-electron chi connectivity index (χ1n) is 7.33. The Morgan fingerprint density at radius 1 is 0.750 bits per heavy atom. The Hall–Kier alpha value is -2.45. The SMILES string of the molecule is O=C(O)c1cc(C(c2ccccc2)c2ccccc2)ccc1O.[Zn]. The summed E-state index contributed by atoms with van der Waals surface area (Å²) in [4.78, 5) is 11.3. The van der Waals surface area contributed by atoms with E-state index >= 15 is 0 Å². The fourth-order valence-corrected chi connectivity index (χ4v) is 2.77. The van der Waals surface area contributed by atoms with Gasteiger partial charge in [-0.15, -0.1) is 0 Å². The Bertz CT molecular complexity index is 777. The predicted octanol–water partition coefficient (Wildman–Crippen LogP) is 4.27. The molecule has 0 aliphatic carbocycles. The van der Waals surface area contributed by atoms with Crippen molar-refractivity contribution in [3.63, 3.8) is 0 Å². The van der Waals surface area contributed by atoms with Crippen LogP contribution in [0.1, 0.15) is 33.0 Å². The minimum Gasteiger partial charge on any atom is -0.507 e. The molecule has 0 aliphatic rings. The number of aromatic hydroxyl groups is 1. The third-order valence-electron chi connectivity index (χ3n) is 3.85. The normalized spacial score (nSPS) is 10.2. The molecular formula is C20H16O3Zn. The number of rotatable bonds is 4. The van der Waals surface area contributed by atoms with Crippen LogP contribution in [0.15, 0.2) is 78.9 Å². The third kappa shape index (κ3) is 3.72. The molecule has 3 rings (SSSR count). The summed E-state index contributed by atoms with van der Waals surface area (Å²) in [5.74, 6) is -1.44. The first kappa shape index (κ1) is 17.9. The molecule has 0 atom stereocenters. The molecule has 3 aromatic carbocycles. The van der Waals surface area contributed by atoms with E-state index in [0.29, 0.717) is 0 Å². The maximum Gasteiger partial charge on any atom is 0.339 e. The molecule has 3 aromatic rings. The van der Waals surface area contributed by atoms with E-state index in [2.05, 4.69) is 0 Å². The fraction of sp³-hybridized carbons (Fsp3) is 0.0500. The van der Waals surface area contributed by atoms with E-state index in [0.717, 1.165) is 16.7 Å². The Labute approximate surface area is 153 Å². The molecule has 0 saturated heterocycles. The minimum atomic E-state index is -1.13. The van der Waals surface area contributed by atoms with Gasteiger partial charge in [-0.1, -0.05) is 66.7 Å². The van der Waals surface area contributed by atoms with Crippen molar-refractivity contribution >= 4 is 5.97 Å². The Morgan fingerprint density at radius 2 is 1.25 bits per heavy atom. The van der Waals surface area contributed by atoms with Crippen LogP contribution in [0.25, 0.3) is 0 Å². The monoisotopic (exact) mass is 368 g/mol. The summed E-state index contributed by atoms with van der Waals surface area (Å²) in [6, 6.07) is 24.6. The summed E-state index contributed by atoms with van der Waals surface area (Å²) in [5.41, 5.74) is 2.89. The van der Waals surface area contributed by atoms with E-state index in [-0.39, 0.29) is 36.7 Å². The van der Waals surface area contributed by atoms with E-state index in [1.165, 1.54) is 6.07 Å². The molecule has 0 fully saturated rings. The van der Waals surface area contributed by atoms with Gasteiger partial charge in [-0.05, 0) is 28.8 Å². The van der Waals surface area contributed by atoms with Crippen LogP contribution in [-0.4, -0.2) is 16.2 Å². The van der Waals surface area contributed by atoms with Crippen LogP contribution in [0.2, 0.25) is 0 Å². The van der Waals surface area contributed by atoms with Crippen molar-refractivity contribution in [3.8, 4) is 5.75 Å². The molecule has 0 aliphatic heterocycles. The van der Waals surface area contributed by atoms with Crippen LogP contribution in [0, 0.1) is 0 Å². The van der Waals surface area contributed by atoms with E-state index in [4.69, 9.17) is 0 Å². The smallest absolute Gasteiger partial charge is 0.339 e. The Kier molecular flexibility index (Phi) is 5.89. The Morgan fingerprint density at radius 3 is 1.71 bits per heavy atom. The van der Waals surface area contributed by atoms with E-state index < -0.39 is 5.97 Å². The molecule has 4 heteroatoms. The van der Waals surface area contributed by atoms with Gasteiger partial charge in [0.2, 0.25) is 0 Å². The molecular weight excluding hydrogens is 354 g/mol. The van der Waals surface area contributed by atoms with Crippen molar-refractivity contribution in [1.29, 1.82) is 0 Å². The average Bonchev–Trinajstić information content (AvgIpc) is 2.58. The van der Waals surface area contributed by atoms with Gasteiger partial charge in [0.15, 0.2) is 0 Å². The molecule has 0 aromatic heterocycles. The molecule has 24 heavy (non-hydrogen) atoms. The third-order valence-corrected chi connectivity index (χ3v) is 3.85. The van der Waals surface area contributed by atoms with Crippen LogP contribution >= 0.6 is 0 Å². The zero-order chi connectivity index (χ0) is 16.2. The molecule has 3 nitrogen and oxygen atoms in total. The van der Waals surface area contributed by atoms with Crippen molar-refractivity contribution in [2.24, 2.45) is 0 Å². The van der Waals surface area contributed by atoms with Crippen molar-refractivity contribution < 1.29 is 34.5 Å². The number of carboxylic acid groups (broad SMARTS) is 1. The van der Waals surface area contributed by atoms with Crippen LogP contribution in [0.5, 0.6) is 5.75 Å². The topological polar surface area (TPSA) is 57.5 Å².